The molecule has 0 bridgehead atoms. The largest absolute Gasteiger partial charge is 0.481 e. The number of benzene rings is 1. The lowest BCUT2D eigenvalue weighted by atomic mass is 10.2. The highest BCUT2D eigenvalue weighted by Crippen LogP contribution is 2.19. The number of hydrogen-bond donors (Lipinski definition) is 1. The average molecular weight is 295 g/mol. The first-order valence-electron chi connectivity index (χ1n) is 5.08. The number of halogens is 1. The molecule has 0 aliphatic rings. The molecule has 88 valence electrons. The van der Waals surface area contributed by atoms with Gasteiger partial charge in [0.25, 0.3) is 0 Å². The summed E-state index contributed by atoms with van der Waals surface area (Å²) < 4.78 is 2.71. The molecule has 0 radical (unpaired) electrons. The maximum absolute atomic E-state index is 10.6. The van der Waals surface area contributed by atoms with Crippen LogP contribution in [0.3, 0.4) is 0 Å². The topological polar surface area (TPSA) is 55.1 Å². The highest BCUT2D eigenvalue weighted by molar-refractivity contribution is 9.10. The SMILES string of the molecule is Cc1cc(Br)ccc1-n1cc(CC(=O)O)cn1. The van der Waals surface area contributed by atoms with Crippen LogP contribution in [0.25, 0.3) is 5.69 Å². The number of aryl methyl sites for hydroxylation is 1. The molecule has 1 aromatic heterocycles. The van der Waals surface area contributed by atoms with Gasteiger partial charge in [-0.2, -0.15) is 5.10 Å². The van der Waals surface area contributed by atoms with Crippen LogP contribution in [0.1, 0.15) is 11.1 Å². The maximum atomic E-state index is 10.6. The fourth-order valence-corrected chi connectivity index (χ4v) is 2.11. The zero-order valence-electron chi connectivity index (χ0n) is 9.22. The highest BCUT2D eigenvalue weighted by atomic mass is 79.9. The van der Waals surface area contributed by atoms with Crippen molar-refractivity contribution >= 4 is 21.9 Å². The van der Waals surface area contributed by atoms with Gasteiger partial charge in [0, 0.05) is 16.2 Å². The van der Waals surface area contributed by atoms with Gasteiger partial charge in [-0.25, -0.2) is 4.68 Å². The molecule has 5 heteroatoms. The van der Waals surface area contributed by atoms with E-state index in [2.05, 4.69) is 21.0 Å². The molecule has 0 spiro atoms. The number of carbonyl (C=O) groups is 1. The van der Waals surface area contributed by atoms with Gasteiger partial charge in [-0.1, -0.05) is 15.9 Å². The fraction of sp³-hybridized carbons (Fsp3) is 0.167. The van der Waals surface area contributed by atoms with Crippen LogP contribution in [0.4, 0.5) is 0 Å². The number of carboxylic acid groups (broad SMARTS) is 1. The summed E-state index contributed by atoms with van der Waals surface area (Å²) >= 11 is 3.40. The number of nitrogens with zero attached hydrogens (tertiary/aromatic N) is 2. The molecular weight excluding hydrogens is 284 g/mol. The average Bonchev–Trinajstić information content (AvgIpc) is 2.65. The lowest BCUT2D eigenvalue weighted by molar-refractivity contribution is -0.136. The van der Waals surface area contributed by atoms with Crippen LogP contribution in [-0.2, 0) is 11.2 Å². The lowest BCUT2D eigenvalue weighted by Gasteiger charge is -2.05. The van der Waals surface area contributed by atoms with Gasteiger partial charge in [0.15, 0.2) is 0 Å². The molecule has 1 heterocycles. The third kappa shape index (κ3) is 2.74. The van der Waals surface area contributed by atoms with Gasteiger partial charge in [0.2, 0.25) is 0 Å². The van der Waals surface area contributed by atoms with Gasteiger partial charge < -0.3 is 5.11 Å². The predicted molar refractivity (Wildman–Crippen MR) is 67.3 cm³/mol. The Bertz CT molecular complexity index is 563. The number of hydrogen-bond acceptors (Lipinski definition) is 2. The van der Waals surface area contributed by atoms with E-state index in [4.69, 9.17) is 5.11 Å². The van der Waals surface area contributed by atoms with Crippen molar-refractivity contribution in [3.05, 3.63) is 46.2 Å². The van der Waals surface area contributed by atoms with Crippen molar-refractivity contribution in [3.63, 3.8) is 0 Å². The van der Waals surface area contributed by atoms with Crippen molar-refractivity contribution in [1.82, 2.24) is 9.78 Å². The zero-order valence-corrected chi connectivity index (χ0v) is 10.8. The third-order valence-electron chi connectivity index (χ3n) is 2.40. The molecule has 0 atom stereocenters. The molecule has 1 N–H and O–H groups in total. The Labute approximate surface area is 107 Å². The molecule has 0 fully saturated rings. The Balaban J connectivity index is 2.33. The highest BCUT2D eigenvalue weighted by Gasteiger charge is 2.06. The predicted octanol–water partition coefficient (Wildman–Crippen LogP) is 2.57. The monoisotopic (exact) mass is 294 g/mol. The molecule has 0 saturated carbocycles. The summed E-state index contributed by atoms with van der Waals surface area (Å²) in [7, 11) is 0. The second-order valence-corrected chi connectivity index (χ2v) is 4.71. The normalized spacial score (nSPS) is 10.5. The van der Waals surface area contributed by atoms with Gasteiger partial charge in [0.1, 0.15) is 0 Å². The van der Waals surface area contributed by atoms with Crippen molar-refractivity contribution in [2.75, 3.05) is 0 Å². The van der Waals surface area contributed by atoms with Gasteiger partial charge in [0.05, 0.1) is 18.3 Å². The minimum absolute atomic E-state index is 0.00439. The second-order valence-electron chi connectivity index (χ2n) is 3.79. The van der Waals surface area contributed by atoms with E-state index in [-0.39, 0.29) is 6.42 Å². The van der Waals surface area contributed by atoms with E-state index >= 15 is 0 Å². The molecule has 2 rings (SSSR count). The summed E-state index contributed by atoms with van der Waals surface area (Å²) in [5, 5.41) is 12.9. The molecule has 0 amide bonds. The first kappa shape index (κ1) is 11.9. The first-order chi connectivity index (χ1) is 8.06. The second kappa shape index (κ2) is 4.71. The van der Waals surface area contributed by atoms with E-state index < -0.39 is 5.97 Å². The number of carboxylic acids is 1. The third-order valence-corrected chi connectivity index (χ3v) is 2.89. The van der Waals surface area contributed by atoms with Crippen LogP contribution >= 0.6 is 15.9 Å². The van der Waals surface area contributed by atoms with Crippen molar-refractivity contribution in [2.24, 2.45) is 0 Å². The van der Waals surface area contributed by atoms with E-state index in [1.165, 1.54) is 0 Å². The minimum atomic E-state index is -0.850. The zero-order chi connectivity index (χ0) is 12.4. The van der Waals surface area contributed by atoms with Crippen LogP contribution in [0.15, 0.2) is 35.1 Å². The van der Waals surface area contributed by atoms with Crippen LogP contribution in [0.2, 0.25) is 0 Å². The smallest absolute Gasteiger partial charge is 0.307 e. The summed E-state index contributed by atoms with van der Waals surface area (Å²) in [4.78, 5) is 10.6. The van der Waals surface area contributed by atoms with E-state index in [1.54, 1.807) is 17.1 Å². The van der Waals surface area contributed by atoms with Gasteiger partial charge >= 0.3 is 5.97 Å². The molecule has 4 nitrogen and oxygen atoms in total. The van der Waals surface area contributed by atoms with E-state index in [1.807, 2.05) is 25.1 Å². The van der Waals surface area contributed by atoms with Gasteiger partial charge in [-0.05, 0) is 30.7 Å². The molecule has 17 heavy (non-hydrogen) atoms. The van der Waals surface area contributed by atoms with Crippen LogP contribution < -0.4 is 0 Å². The first-order valence-corrected chi connectivity index (χ1v) is 5.87. The maximum Gasteiger partial charge on any atom is 0.307 e. The van der Waals surface area contributed by atoms with Crippen molar-refractivity contribution < 1.29 is 9.90 Å². The molecule has 0 aliphatic carbocycles. The number of aromatic nitrogens is 2. The van der Waals surface area contributed by atoms with Crippen molar-refractivity contribution in [2.45, 2.75) is 13.3 Å². The van der Waals surface area contributed by atoms with Gasteiger partial charge in [-0.3, -0.25) is 4.79 Å². The Morgan fingerprint density at radius 3 is 2.94 bits per heavy atom. The number of rotatable bonds is 3. The summed E-state index contributed by atoms with van der Waals surface area (Å²) in [5.41, 5.74) is 2.72. The summed E-state index contributed by atoms with van der Waals surface area (Å²) in [6.45, 7) is 1.98. The van der Waals surface area contributed by atoms with Crippen LogP contribution in [-0.4, -0.2) is 20.9 Å². The van der Waals surface area contributed by atoms with Crippen LogP contribution in [0, 0.1) is 6.92 Å². The van der Waals surface area contributed by atoms with E-state index in [0.717, 1.165) is 15.7 Å². The molecular formula is C12H11BrN2O2. The Morgan fingerprint density at radius 1 is 1.53 bits per heavy atom. The summed E-state index contributed by atoms with van der Waals surface area (Å²) in [5.74, 6) is -0.850. The number of aliphatic carboxylic acids is 1. The van der Waals surface area contributed by atoms with Crippen LogP contribution in [0.5, 0.6) is 0 Å². The Hall–Kier alpha value is -1.62. The fourth-order valence-electron chi connectivity index (χ4n) is 1.63. The van der Waals surface area contributed by atoms with E-state index in [9.17, 15) is 4.79 Å². The summed E-state index contributed by atoms with van der Waals surface area (Å²) in [6.07, 6.45) is 3.32. The summed E-state index contributed by atoms with van der Waals surface area (Å²) in [6, 6.07) is 5.87. The quantitative estimate of drug-likeness (QED) is 0.947. The van der Waals surface area contributed by atoms with Crippen molar-refractivity contribution in [3.8, 4) is 5.69 Å². The Kier molecular flexibility index (Phi) is 3.28. The Morgan fingerprint density at radius 2 is 2.29 bits per heavy atom. The van der Waals surface area contributed by atoms with Gasteiger partial charge in [-0.15, -0.1) is 0 Å². The molecule has 1 aromatic carbocycles. The lowest BCUT2D eigenvalue weighted by Crippen LogP contribution is -1.99. The molecule has 0 unspecified atom stereocenters. The molecule has 0 saturated heterocycles. The van der Waals surface area contributed by atoms with Crippen molar-refractivity contribution in [1.29, 1.82) is 0 Å². The minimum Gasteiger partial charge on any atom is -0.481 e. The standard InChI is InChI=1S/C12H11BrN2O2/c1-8-4-10(13)2-3-11(8)15-7-9(6-14-15)5-12(16)17/h2-4,6-7H,5H2,1H3,(H,16,17). The van der Waals surface area contributed by atoms with E-state index in [0.29, 0.717) is 5.56 Å². The molecule has 0 aliphatic heterocycles. The molecule has 2 aromatic rings.